The van der Waals surface area contributed by atoms with Crippen molar-refractivity contribution >= 4 is 17.6 Å². The van der Waals surface area contributed by atoms with Crippen molar-refractivity contribution in [2.75, 3.05) is 19.1 Å². The van der Waals surface area contributed by atoms with Gasteiger partial charge in [0.25, 0.3) is 0 Å². The first-order valence-electron chi connectivity index (χ1n) is 9.17. The summed E-state index contributed by atoms with van der Waals surface area (Å²) in [5.74, 6) is -1.23. The maximum atomic E-state index is 12.5. The first-order chi connectivity index (χ1) is 14.1. The number of anilines is 1. The van der Waals surface area contributed by atoms with Gasteiger partial charge in [-0.25, -0.2) is 9.59 Å². The van der Waals surface area contributed by atoms with Gasteiger partial charge in [0.05, 0.1) is 19.8 Å². The molecule has 0 radical (unpaired) electrons. The molecule has 0 amide bonds. The van der Waals surface area contributed by atoms with Crippen molar-refractivity contribution in [3.05, 3.63) is 95.6 Å². The van der Waals surface area contributed by atoms with Gasteiger partial charge in [-0.05, 0) is 60.4 Å². The Bertz CT molecular complexity index is 960. The molecule has 0 fully saturated rings. The molecule has 0 atom stereocenters. The third-order valence-corrected chi connectivity index (χ3v) is 4.56. The Morgan fingerprint density at radius 2 is 1.48 bits per heavy atom. The van der Waals surface area contributed by atoms with Crippen LogP contribution in [0, 0.1) is 0 Å². The average molecular weight is 390 g/mol. The number of methoxy groups -OCH3 is 2. The van der Waals surface area contributed by atoms with Crippen LogP contribution in [-0.2, 0) is 31.9 Å². The van der Waals surface area contributed by atoms with Gasteiger partial charge in [0.15, 0.2) is 0 Å². The molecule has 0 N–H and O–H groups in total. The first kappa shape index (κ1) is 20.1. The van der Waals surface area contributed by atoms with Crippen molar-refractivity contribution in [3.63, 3.8) is 0 Å². The van der Waals surface area contributed by atoms with Crippen molar-refractivity contribution in [2.24, 2.45) is 0 Å². The van der Waals surface area contributed by atoms with Gasteiger partial charge in [0.1, 0.15) is 5.70 Å². The summed E-state index contributed by atoms with van der Waals surface area (Å²) in [7, 11) is 2.56. The summed E-state index contributed by atoms with van der Waals surface area (Å²) >= 11 is 0. The Labute approximate surface area is 169 Å². The quantitative estimate of drug-likeness (QED) is 0.705. The van der Waals surface area contributed by atoms with Gasteiger partial charge >= 0.3 is 11.9 Å². The van der Waals surface area contributed by atoms with E-state index in [0.29, 0.717) is 0 Å². The lowest BCUT2D eigenvalue weighted by atomic mass is 10.0. The molecule has 0 bridgehead atoms. The number of hydrogen-bond donors (Lipinski definition) is 0. The second-order valence-corrected chi connectivity index (χ2v) is 6.34. The van der Waals surface area contributed by atoms with E-state index in [-0.39, 0.29) is 11.3 Å². The third-order valence-electron chi connectivity index (χ3n) is 4.56. The summed E-state index contributed by atoms with van der Waals surface area (Å²) in [5.41, 5.74) is 3.36. The molecule has 2 aromatic rings. The minimum absolute atomic E-state index is 0.105. The standard InChI is InChI=1S/C23H22N2O4/c1-28-22(26)20-5-3-4-16-25(21(20)23(27)29-2)19-10-8-17(9-11-19)6-7-18-12-14-24-15-13-18/h3-5,8-16H,6-7H2,1-2H3. The lowest BCUT2D eigenvalue weighted by Crippen LogP contribution is -2.26. The number of rotatable bonds is 6. The Morgan fingerprint density at radius 1 is 0.862 bits per heavy atom. The molecule has 0 unspecified atom stereocenters. The number of nitrogens with zero attached hydrogens (tertiary/aromatic N) is 2. The number of hydrogen-bond acceptors (Lipinski definition) is 6. The van der Waals surface area contributed by atoms with Gasteiger partial charge < -0.3 is 14.4 Å². The predicted molar refractivity (Wildman–Crippen MR) is 110 cm³/mol. The maximum Gasteiger partial charge on any atom is 0.355 e. The second kappa shape index (κ2) is 9.50. The van der Waals surface area contributed by atoms with E-state index in [1.54, 1.807) is 35.6 Å². The van der Waals surface area contributed by atoms with Crippen LogP contribution in [0.1, 0.15) is 11.1 Å². The fourth-order valence-corrected chi connectivity index (χ4v) is 3.03. The molecular weight excluding hydrogens is 368 g/mol. The Morgan fingerprint density at radius 3 is 2.10 bits per heavy atom. The van der Waals surface area contributed by atoms with Crippen LogP contribution in [0.15, 0.2) is 84.5 Å². The number of ether oxygens (including phenoxy) is 2. The third kappa shape index (κ3) is 4.79. The van der Waals surface area contributed by atoms with Gasteiger partial charge in [-0.15, -0.1) is 0 Å². The summed E-state index contributed by atoms with van der Waals surface area (Å²) in [6.45, 7) is 0. The van der Waals surface area contributed by atoms with E-state index >= 15 is 0 Å². The Hall–Kier alpha value is -3.67. The van der Waals surface area contributed by atoms with E-state index in [1.807, 2.05) is 36.4 Å². The molecule has 0 aliphatic carbocycles. The highest BCUT2D eigenvalue weighted by Crippen LogP contribution is 2.26. The summed E-state index contributed by atoms with van der Waals surface area (Å²) in [5, 5.41) is 0. The number of carbonyl (C=O) groups excluding carboxylic acids is 2. The lowest BCUT2D eigenvalue weighted by molar-refractivity contribution is -0.139. The summed E-state index contributed by atoms with van der Waals surface area (Å²) in [6, 6.07) is 11.9. The topological polar surface area (TPSA) is 68.7 Å². The number of carbonyl (C=O) groups is 2. The van der Waals surface area contributed by atoms with Crippen LogP contribution in [0.3, 0.4) is 0 Å². The zero-order valence-corrected chi connectivity index (χ0v) is 16.4. The van der Waals surface area contributed by atoms with Gasteiger partial charge in [0, 0.05) is 24.3 Å². The monoisotopic (exact) mass is 390 g/mol. The van der Waals surface area contributed by atoms with Crippen molar-refractivity contribution in [3.8, 4) is 0 Å². The van der Waals surface area contributed by atoms with Crippen LogP contribution in [0.2, 0.25) is 0 Å². The number of aromatic nitrogens is 1. The molecule has 148 valence electrons. The van der Waals surface area contributed by atoms with Gasteiger partial charge in [-0.1, -0.05) is 18.2 Å². The Balaban J connectivity index is 1.87. The van der Waals surface area contributed by atoms with Crippen molar-refractivity contribution in [1.82, 2.24) is 4.98 Å². The van der Waals surface area contributed by atoms with Gasteiger partial charge in [0.2, 0.25) is 0 Å². The highest BCUT2D eigenvalue weighted by molar-refractivity contribution is 6.05. The number of allylic oxidation sites excluding steroid dienone is 2. The van der Waals surface area contributed by atoms with E-state index in [4.69, 9.17) is 9.47 Å². The molecule has 1 aromatic carbocycles. The summed E-state index contributed by atoms with van der Waals surface area (Å²) in [4.78, 5) is 30.3. The van der Waals surface area contributed by atoms with E-state index < -0.39 is 11.9 Å². The molecule has 6 nitrogen and oxygen atoms in total. The fraction of sp³-hybridized carbons (Fsp3) is 0.174. The number of benzene rings is 1. The second-order valence-electron chi connectivity index (χ2n) is 6.34. The van der Waals surface area contributed by atoms with Crippen LogP contribution in [0.4, 0.5) is 5.69 Å². The molecule has 1 aromatic heterocycles. The minimum atomic E-state index is -0.622. The maximum absolute atomic E-state index is 12.5. The average Bonchev–Trinajstić information content (AvgIpc) is 3.00. The van der Waals surface area contributed by atoms with Crippen molar-refractivity contribution < 1.29 is 19.1 Å². The molecule has 2 heterocycles. The molecule has 1 aliphatic rings. The number of aryl methyl sites for hydroxylation is 2. The fourth-order valence-electron chi connectivity index (χ4n) is 3.03. The summed E-state index contributed by atoms with van der Waals surface area (Å²) < 4.78 is 9.75. The van der Waals surface area contributed by atoms with Crippen LogP contribution in [-0.4, -0.2) is 31.1 Å². The smallest absolute Gasteiger partial charge is 0.355 e. The van der Waals surface area contributed by atoms with Crippen LogP contribution < -0.4 is 4.90 Å². The zero-order valence-electron chi connectivity index (χ0n) is 16.4. The molecule has 3 rings (SSSR count). The molecule has 29 heavy (non-hydrogen) atoms. The van der Waals surface area contributed by atoms with Crippen molar-refractivity contribution in [1.29, 1.82) is 0 Å². The zero-order chi connectivity index (χ0) is 20.6. The van der Waals surface area contributed by atoms with E-state index in [1.165, 1.54) is 31.4 Å². The van der Waals surface area contributed by atoms with Crippen LogP contribution >= 0.6 is 0 Å². The molecule has 1 aliphatic heterocycles. The van der Waals surface area contributed by atoms with E-state index in [0.717, 1.165) is 18.5 Å². The molecule has 6 heteroatoms. The molecular formula is C23H22N2O4. The molecule has 0 spiro atoms. The van der Waals surface area contributed by atoms with Gasteiger partial charge in [-0.3, -0.25) is 4.98 Å². The number of esters is 2. The first-order valence-corrected chi connectivity index (χ1v) is 9.17. The van der Waals surface area contributed by atoms with Crippen molar-refractivity contribution in [2.45, 2.75) is 12.8 Å². The van der Waals surface area contributed by atoms with Crippen LogP contribution in [0.5, 0.6) is 0 Å². The van der Waals surface area contributed by atoms with E-state index in [2.05, 4.69) is 4.98 Å². The minimum Gasteiger partial charge on any atom is -0.465 e. The number of pyridine rings is 1. The van der Waals surface area contributed by atoms with Crippen LogP contribution in [0.25, 0.3) is 0 Å². The van der Waals surface area contributed by atoms with Gasteiger partial charge in [-0.2, -0.15) is 0 Å². The predicted octanol–water partition coefficient (Wildman–Crippen LogP) is 3.36. The SMILES string of the molecule is COC(=O)C1=C(C(=O)OC)N(c2ccc(CCc3ccncc3)cc2)C=CC=C1. The summed E-state index contributed by atoms with van der Waals surface area (Å²) in [6.07, 6.45) is 12.1. The molecule has 0 saturated heterocycles. The highest BCUT2D eigenvalue weighted by Gasteiger charge is 2.27. The van der Waals surface area contributed by atoms with E-state index in [9.17, 15) is 9.59 Å². The highest BCUT2D eigenvalue weighted by atomic mass is 16.5. The largest absolute Gasteiger partial charge is 0.465 e. The normalized spacial score (nSPS) is 13.2. The Kier molecular flexibility index (Phi) is 6.58. The molecule has 0 saturated carbocycles. The lowest BCUT2D eigenvalue weighted by Gasteiger charge is -2.23.